The number of nitrogens with zero attached hydrogens (tertiary/aromatic N) is 3. The summed E-state index contributed by atoms with van der Waals surface area (Å²) < 4.78 is 1.50. The van der Waals surface area contributed by atoms with Crippen LogP contribution in [-0.4, -0.2) is 76.8 Å². The zero-order valence-electron chi connectivity index (χ0n) is 26.0. The summed E-state index contributed by atoms with van der Waals surface area (Å²) in [5, 5.41) is 11.7. The molecule has 4 amide bonds. The van der Waals surface area contributed by atoms with Crippen LogP contribution >= 0.6 is 0 Å². The van der Waals surface area contributed by atoms with Crippen molar-refractivity contribution in [1.29, 1.82) is 0 Å². The fourth-order valence-electron chi connectivity index (χ4n) is 5.40. The highest BCUT2D eigenvalue weighted by Gasteiger charge is 2.25. The molecule has 238 valence electrons. The van der Waals surface area contributed by atoms with Gasteiger partial charge >= 0.3 is 0 Å². The summed E-state index contributed by atoms with van der Waals surface area (Å²) in [7, 11) is 1.65. The maximum atomic E-state index is 13.7. The molecule has 3 heterocycles. The molecule has 0 aliphatic carbocycles. The van der Waals surface area contributed by atoms with E-state index in [1.807, 2.05) is 44.2 Å². The van der Waals surface area contributed by atoms with Gasteiger partial charge in [0, 0.05) is 70.2 Å². The van der Waals surface area contributed by atoms with Crippen molar-refractivity contribution < 1.29 is 19.2 Å². The lowest BCUT2D eigenvalue weighted by atomic mass is 10.0. The van der Waals surface area contributed by atoms with Crippen molar-refractivity contribution in [2.45, 2.75) is 45.6 Å². The quantitative estimate of drug-likeness (QED) is 0.347. The van der Waals surface area contributed by atoms with Crippen molar-refractivity contribution in [3.8, 4) is 0 Å². The summed E-state index contributed by atoms with van der Waals surface area (Å²) in [6, 6.07) is 13.3. The fraction of sp³-hybridized carbons (Fsp3) is 0.394. The Labute approximate surface area is 262 Å². The Balaban J connectivity index is 1.58. The fourth-order valence-corrected chi connectivity index (χ4v) is 5.40. The van der Waals surface area contributed by atoms with Crippen LogP contribution in [0, 0.1) is 6.92 Å². The second-order valence-corrected chi connectivity index (χ2v) is 11.0. The van der Waals surface area contributed by atoms with Gasteiger partial charge in [0.25, 0.3) is 17.4 Å². The molecule has 1 aliphatic rings. The van der Waals surface area contributed by atoms with E-state index in [1.165, 1.54) is 15.7 Å². The Morgan fingerprint density at radius 1 is 0.956 bits per heavy atom. The summed E-state index contributed by atoms with van der Waals surface area (Å²) in [5.74, 6) is -1.58. The van der Waals surface area contributed by atoms with Crippen LogP contribution in [0.1, 0.15) is 57.4 Å². The van der Waals surface area contributed by atoms with Gasteiger partial charge in [-0.05, 0) is 49.1 Å². The number of aromatic nitrogens is 2. The highest BCUT2D eigenvalue weighted by molar-refractivity contribution is 5.97. The van der Waals surface area contributed by atoms with Gasteiger partial charge in [-0.2, -0.15) is 0 Å². The second kappa shape index (κ2) is 15.6. The number of rotatable bonds is 4. The Morgan fingerprint density at radius 2 is 1.71 bits per heavy atom. The van der Waals surface area contributed by atoms with Gasteiger partial charge in [-0.25, -0.2) is 0 Å². The predicted octanol–water partition coefficient (Wildman–Crippen LogP) is 1.57. The zero-order chi connectivity index (χ0) is 32.3. The zero-order valence-corrected chi connectivity index (χ0v) is 26.0. The van der Waals surface area contributed by atoms with Gasteiger partial charge in [-0.1, -0.05) is 37.3 Å². The number of nitrogens with one attached hydrogen (secondary N) is 4. The van der Waals surface area contributed by atoms with E-state index >= 15 is 0 Å². The number of benzene rings is 1. The van der Waals surface area contributed by atoms with Crippen molar-refractivity contribution in [2.75, 3.05) is 38.0 Å². The molecule has 2 aromatic heterocycles. The van der Waals surface area contributed by atoms with Gasteiger partial charge in [0.15, 0.2) is 0 Å². The topological polar surface area (TPSA) is 155 Å². The highest BCUT2D eigenvalue weighted by atomic mass is 16.2. The van der Waals surface area contributed by atoms with Crippen LogP contribution in [0.2, 0.25) is 0 Å². The molecule has 45 heavy (non-hydrogen) atoms. The van der Waals surface area contributed by atoms with E-state index in [9.17, 15) is 24.0 Å². The molecule has 2 bridgehead atoms. The summed E-state index contributed by atoms with van der Waals surface area (Å²) in [6.45, 7) is 4.96. The Bertz CT molecular complexity index is 1590. The molecule has 4 rings (SSSR count). The summed E-state index contributed by atoms with van der Waals surface area (Å²) >= 11 is 0. The van der Waals surface area contributed by atoms with Crippen LogP contribution in [0.3, 0.4) is 0 Å². The number of anilines is 1. The standard InChI is InChI=1S/C33H41N7O5/c1-4-28-22(2)19-25(32(44)39(28)3)33(45)40-17-8-11-29(41)36-15-14-34-24-12-13-35-26(21-24)31(43)38-27(30(42)37-16-18-40)20-23-9-6-5-7-10-23/h5-7,9-10,12-13,19,21,27,34H,4,8,11,14-18,20H2,1-3H3,(H,36,41)(H,37,42)(H,38,43)/t27-/m0/s1. The molecule has 0 saturated carbocycles. The molecule has 0 unspecified atom stereocenters. The molecule has 0 saturated heterocycles. The lowest BCUT2D eigenvalue weighted by Crippen LogP contribution is -2.50. The number of hydrogen-bond donors (Lipinski definition) is 4. The molecule has 0 fully saturated rings. The first-order valence-corrected chi connectivity index (χ1v) is 15.3. The molecule has 1 atom stereocenters. The van der Waals surface area contributed by atoms with E-state index in [-0.39, 0.29) is 49.6 Å². The van der Waals surface area contributed by atoms with E-state index in [2.05, 4.69) is 26.3 Å². The van der Waals surface area contributed by atoms with Gasteiger partial charge in [-0.15, -0.1) is 0 Å². The van der Waals surface area contributed by atoms with E-state index in [4.69, 9.17) is 0 Å². The van der Waals surface area contributed by atoms with Crippen molar-refractivity contribution in [3.63, 3.8) is 0 Å². The highest BCUT2D eigenvalue weighted by Crippen LogP contribution is 2.12. The predicted molar refractivity (Wildman–Crippen MR) is 171 cm³/mol. The van der Waals surface area contributed by atoms with Crippen LogP contribution in [0.4, 0.5) is 5.69 Å². The van der Waals surface area contributed by atoms with Crippen molar-refractivity contribution >= 4 is 29.3 Å². The average molecular weight is 616 g/mol. The van der Waals surface area contributed by atoms with Crippen LogP contribution in [0.5, 0.6) is 0 Å². The van der Waals surface area contributed by atoms with Crippen LogP contribution in [0.25, 0.3) is 0 Å². The summed E-state index contributed by atoms with van der Waals surface area (Å²) in [4.78, 5) is 71.7. The normalized spacial score (nSPS) is 17.1. The monoisotopic (exact) mass is 615 g/mol. The average Bonchev–Trinajstić information content (AvgIpc) is 3.04. The third-order valence-corrected chi connectivity index (χ3v) is 7.79. The number of carbonyl (C=O) groups is 4. The summed E-state index contributed by atoms with van der Waals surface area (Å²) in [6.07, 6.45) is 2.94. The molecule has 1 aliphatic heterocycles. The van der Waals surface area contributed by atoms with Crippen LogP contribution < -0.4 is 26.8 Å². The molecule has 4 N–H and O–H groups in total. The van der Waals surface area contributed by atoms with Gasteiger partial charge in [0.1, 0.15) is 17.3 Å². The minimum Gasteiger partial charge on any atom is -0.383 e. The van der Waals surface area contributed by atoms with Gasteiger partial charge in [0.2, 0.25) is 11.8 Å². The van der Waals surface area contributed by atoms with E-state index < -0.39 is 29.3 Å². The largest absolute Gasteiger partial charge is 0.383 e. The molecule has 0 spiro atoms. The van der Waals surface area contributed by atoms with Crippen molar-refractivity contribution in [1.82, 2.24) is 30.4 Å². The van der Waals surface area contributed by atoms with E-state index in [0.29, 0.717) is 31.6 Å². The Kier molecular flexibility index (Phi) is 11.4. The smallest absolute Gasteiger partial charge is 0.270 e. The van der Waals surface area contributed by atoms with E-state index in [1.54, 1.807) is 25.2 Å². The van der Waals surface area contributed by atoms with E-state index in [0.717, 1.165) is 16.8 Å². The third kappa shape index (κ3) is 8.78. The first-order valence-electron chi connectivity index (χ1n) is 15.3. The van der Waals surface area contributed by atoms with Crippen molar-refractivity contribution in [2.24, 2.45) is 7.05 Å². The molecule has 12 heteroatoms. The minimum absolute atomic E-state index is 0.0379. The first-order chi connectivity index (χ1) is 21.7. The van der Waals surface area contributed by atoms with Gasteiger partial charge < -0.3 is 30.7 Å². The van der Waals surface area contributed by atoms with Gasteiger partial charge in [-0.3, -0.25) is 29.0 Å². The minimum atomic E-state index is -0.914. The van der Waals surface area contributed by atoms with Crippen LogP contribution in [0.15, 0.2) is 59.5 Å². The second-order valence-electron chi connectivity index (χ2n) is 11.0. The molecule has 0 radical (unpaired) electrons. The third-order valence-electron chi connectivity index (χ3n) is 7.79. The van der Waals surface area contributed by atoms with Crippen LogP contribution in [-0.2, 0) is 29.5 Å². The number of pyridine rings is 2. The number of amides is 4. The molecule has 3 aromatic rings. The number of carbonyl (C=O) groups excluding carboxylic acids is 4. The molecular weight excluding hydrogens is 574 g/mol. The molecular formula is C33H41N7O5. The Hall–Kier alpha value is -5.00. The van der Waals surface area contributed by atoms with Crippen molar-refractivity contribution in [3.05, 3.63) is 93.2 Å². The maximum absolute atomic E-state index is 13.7. The number of fused-ring (bicyclic) bond motifs is 2. The number of hydrogen-bond acceptors (Lipinski definition) is 7. The lowest BCUT2D eigenvalue weighted by Gasteiger charge is -2.25. The maximum Gasteiger partial charge on any atom is 0.270 e. The first kappa shape index (κ1) is 32.9. The SMILES string of the molecule is CCc1c(C)cc(C(=O)N2CCCC(=O)NCCNc3ccnc(c3)C(=O)N[C@@H](Cc3ccccc3)C(=O)NCC2)c(=O)n1C. The molecule has 12 nitrogen and oxygen atoms in total. The molecule has 1 aromatic carbocycles. The number of aryl methyl sites for hydroxylation is 1. The Morgan fingerprint density at radius 3 is 2.47 bits per heavy atom. The summed E-state index contributed by atoms with van der Waals surface area (Å²) in [5.41, 5.74) is 2.96. The van der Waals surface area contributed by atoms with Gasteiger partial charge in [0.05, 0.1) is 0 Å². The lowest BCUT2D eigenvalue weighted by molar-refractivity contribution is -0.123.